The van der Waals surface area contributed by atoms with Crippen LogP contribution in [0.2, 0.25) is 5.02 Å². The number of amides is 1. The third kappa shape index (κ3) is 4.12. The molecule has 1 heterocycles. The number of carbonyl (C=O) groups excluding carboxylic acids is 1. The van der Waals surface area contributed by atoms with E-state index < -0.39 is 18.2 Å². The number of hydrogen-bond acceptors (Lipinski definition) is 4. The van der Waals surface area contributed by atoms with Crippen LogP contribution in [-0.4, -0.2) is 53.8 Å². The Labute approximate surface area is 141 Å². The van der Waals surface area contributed by atoms with Crippen molar-refractivity contribution >= 4 is 39.4 Å². The summed E-state index contributed by atoms with van der Waals surface area (Å²) in [5.74, 6) is -0.865. The summed E-state index contributed by atoms with van der Waals surface area (Å²) in [4.78, 5) is 24.7. The zero-order valence-electron chi connectivity index (χ0n) is 11.8. The predicted octanol–water partition coefficient (Wildman–Crippen LogP) is 2.18. The molecule has 0 spiro atoms. The van der Waals surface area contributed by atoms with Crippen molar-refractivity contribution in [2.75, 3.05) is 19.7 Å². The number of aliphatic carboxylic acids is 1. The van der Waals surface area contributed by atoms with Crippen LogP contribution in [-0.2, 0) is 14.3 Å². The highest BCUT2D eigenvalue weighted by atomic mass is 79.9. The van der Waals surface area contributed by atoms with Crippen LogP contribution in [0.1, 0.15) is 6.92 Å². The molecule has 1 aromatic rings. The van der Waals surface area contributed by atoms with Gasteiger partial charge in [0.15, 0.2) is 12.2 Å². The fourth-order valence-corrected chi connectivity index (χ4v) is 2.84. The second kappa shape index (κ2) is 7.30. The Morgan fingerprint density at radius 3 is 2.91 bits per heavy atom. The van der Waals surface area contributed by atoms with Crippen LogP contribution >= 0.6 is 27.5 Å². The Kier molecular flexibility index (Phi) is 5.66. The molecular formula is C14H15BrClNO5. The van der Waals surface area contributed by atoms with Crippen LogP contribution in [0, 0.1) is 0 Å². The maximum atomic E-state index is 12.4. The molecule has 2 atom stereocenters. The molecule has 8 heteroatoms. The van der Waals surface area contributed by atoms with E-state index in [-0.39, 0.29) is 19.1 Å². The Bertz CT molecular complexity index is 582. The van der Waals surface area contributed by atoms with Crippen molar-refractivity contribution in [2.45, 2.75) is 19.1 Å². The monoisotopic (exact) mass is 391 g/mol. The molecule has 120 valence electrons. The minimum absolute atomic E-state index is 0.0175. The van der Waals surface area contributed by atoms with E-state index in [2.05, 4.69) is 15.9 Å². The van der Waals surface area contributed by atoms with E-state index in [1.54, 1.807) is 25.1 Å². The summed E-state index contributed by atoms with van der Waals surface area (Å²) in [6, 6.07) is 4.99. The normalized spacial score (nSPS) is 19.6. The number of hydrogen-bond donors (Lipinski definition) is 1. The van der Waals surface area contributed by atoms with Gasteiger partial charge in [-0.15, -0.1) is 0 Å². The largest absolute Gasteiger partial charge is 0.480 e. The molecule has 0 radical (unpaired) electrons. The van der Waals surface area contributed by atoms with E-state index in [1.165, 1.54) is 4.90 Å². The van der Waals surface area contributed by atoms with Crippen LogP contribution < -0.4 is 4.74 Å². The summed E-state index contributed by atoms with van der Waals surface area (Å²) in [6.07, 6.45) is -1.74. The molecule has 0 unspecified atom stereocenters. The molecule has 1 N–H and O–H groups in total. The summed E-state index contributed by atoms with van der Waals surface area (Å²) in [7, 11) is 0. The third-order valence-electron chi connectivity index (χ3n) is 3.20. The summed E-state index contributed by atoms with van der Waals surface area (Å²) in [5.41, 5.74) is 0. The minimum Gasteiger partial charge on any atom is -0.480 e. The van der Waals surface area contributed by atoms with Crippen LogP contribution in [0.25, 0.3) is 0 Å². The lowest BCUT2D eigenvalue weighted by Crippen LogP contribution is -2.51. The number of carbonyl (C=O) groups is 2. The Hall–Kier alpha value is -1.31. The molecule has 1 amide bonds. The second-order valence-electron chi connectivity index (χ2n) is 4.82. The van der Waals surface area contributed by atoms with Crippen molar-refractivity contribution in [3.8, 4) is 5.75 Å². The molecule has 0 aliphatic carbocycles. The van der Waals surface area contributed by atoms with E-state index in [1.807, 2.05) is 0 Å². The van der Waals surface area contributed by atoms with Gasteiger partial charge in [0.25, 0.3) is 5.91 Å². The lowest BCUT2D eigenvalue weighted by Gasteiger charge is -2.32. The molecule has 1 aliphatic heterocycles. The van der Waals surface area contributed by atoms with Gasteiger partial charge in [-0.2, -0.15) is 0 Å². The fourth-order valence-electron chi connectivity index (χ4n) is 2.07. The minimum atomic E-state index is -1.08. The molecule has 1 fully saturated rings. The number of benzene rings is 1. The van der Waals surface area contributed by atoms with Gasteiger partial charge in [-0.05, 0) is 41.1 Å². The molecule has 22 heavy (non-hydrogen) atoms. The maximum absolute atomic E-state index is 12.4. The van der Waals surface area contributed by atoms with E-state index in [0.717, 1.165) is 0 Å². The number of ether oxygens (including phenoxy) is 2. The SMILES string of the molecule is C[C@@H](Oc1ccc(Cl)cc1Br)C(=O)N1CCO[C@@H](C(=O)O)C1. The summed E-state index contributed by atoms with van der Waals surface area (Å²) in [5, 5.41) is 9.51. The fraction of sp³-hybridized carbons (Fsp3) is 0.429. The predicted molar refractivity (Wildman–Crippen MR) is 83.2 cm³/mol. The maximum Gasteiger partial charge on any atom is 0.334 e. The molecule has 6 nitrogen and oxygen atoms in total. The van der Waals surface area contributed by atoms with Crippen molar-refractivity contribution in [3.63, 3.8) is 0 Å². The Morgan fingerprint density at radius 2 is 2.27 bits per heavy atom. The van der Waals surface area contributed by atoms with Gasteiger partial charge < -0.3 is 19.5 Å². The lowest BCUT2D eigenvalue weighted by molar-refractivity contribution is -0.161. The third-order valence-corrected chi connectivity index (χ3v) is 4.05. The quantitative estimate of drug-likeness (QED) is 0.850. The average molecular weight is 393 g/mol. The van der Waals surface area contributed by atoms with Crippen LogP contribution in [0.3, 0.4) is 0 Å². The molecule has 1 aliphatic rings. The second-order valence-corrected chi connectivity index (χ2v) is 6.11. The number of morpholine rings is 1. The molecule has 0 saturated carbocycles. The molecule has 1 aromatic carbocycles. The molecule has 0 aromatic heterocycles. The van der Waals surface area contributed by atoms with Crippen LogP contribution in [0.5, 0.6) is 5.75 Å². The number of carboxylic acid groups (broad SMARTS) is 1. The summed E-state index contributed by atoms with van der Waals surface area (Å²) in [6.45, 7) is 2.18. The number of carboxylic acids is 1. The van der Waals surface area contributed by atoms with Crippen molar-refractivity contribution in [1.29, 1.82) is 0 Å². The van der Waals surface area contributed by atoms with Gasteiger partial charge in [-0.25, -0.2) is 4.79 Å². The molecule has 1 saturated heterocycles. The van der Waals surface area contributed by atoms with E-state index >= 15 is 0 Å². The van der Waals surface area contributed by atoms with Gasteiger partial charge >= 0.3 is 5.97 Å². The van der Waals surface area contributed by atoms with Gasteiger partial charge in [0, 0.05) is 11.6 Å². The van der Waals surface area contributed by atoms with Crippen molar-refractivity contribution in [1.82, 2.24) is 4.90 Å². The standard InChI is InChI=1S/C14H15BrClNO5/c1-8(22-11-3-2-9(16)6-10(11)15)13(18)17-4-5-21-12(7-17)14(19)20/h2-3,6,8,12H,4-5,7H2,1H3,(H,19,20)/t8-,12-/m1/s1. The summed E-state index contributed by atoms with van der Waals surface area (Å²) < 4.78 is 11.4. The topological polar surface area (TPSA) is 76.1 Å². The number of rotatable bonds is 4. The molecular weight excluding hydrogens is 378 g/mol. The highest BCUT2D eigenvalue weighted by Gasteiger charge is 2.31. The zero-order valence-corrected chi connectivity index (χ0v) is 14.1. The van der Waals surface area contributed by atoms with E-state index in [4.69, 9.17) is 26.2 Å². The van der Waals surface area contributed by atoms with Gasteiger partial charge in [-0.3, -0.25) is 4.79 Å². The van der Waals surface area contributed by atoms with Gasteiger partial charge in [0.2, 0.25) is 0 Å². The molecule has 0 bridgehead atoms. The number of nitrogens with zero attached hydrogens (tertiary/aromatic N) is 1. The first-order valence-corrected chi connectivity index (χ1v) is 7.80. The van der Waals surface area contributed by atoms with Crippen LogP contribution in [0.4, 0.5) is 0 Å². The average Bonchev–Trinajstić information content (AvgIpc) is 2.49. The van der Waals surface area contributed by atoms with Crippen LogP contribution in [0.15, 0.2) is 22.7 Å². The number of halogens is 2. The van der Waals surface area contributed by atoms with Gasteiger partial charge in [-0.1, -0.05) is 11.6 Å². The highest BCUT2D eigenvalue weighted by molar-refractivity contribution is 9.10. The molecule has 2 rings (SSSR count). The first-order valence-electron chi connectivity index (χ1n) is 6.63. The zero-order chi connectivity index (χ0) is 16.3. The van der Waals surface area contributed by atoms with E-state index in [0.29, 0.717) is 21.8 Å². The van der Waals surface area contributed by atoms with Crippen molar-refractivity contribution in [3.05, 3.63) is 27.7 Å². The lowest BCUT2D eigenvalue weighted by atomic mass is 10.2. The first kappa shape index (κ1) is 17.1. The van der Waals surface area contributed by atoms with Crippen molar-refractivity contribution in [2.24, 2.45) is 0 Å². The van der Waals surface area contributed by atoms with Gasteiger partial charge in [0.05, 0.1) is 17.6 Å². The van der Waals surface area contributed by atoms with Crippen molar-refractivity contribution < 1.29 is 24.2 Å². The highest BCUT2D eigenvalue weighted by Crippen LogP contribution is 2.29. The Balaban J connectivity index is 2.01. The first-order chi connectivity index (χ1) is 10.4. The smallest absolute Gasteiger partial charge is 0.334 e. The van der Waals surface area contributed by atoms with Gasteiger partial charge in [0.1, 0.15) is 5.75 Å². The Morgan fingerprint density at radius 1 is 1.55 bits per heavy atom. The van der Waals surface area contributed by atoms with E-state index in [9.17, 15) is 9.59 Å². The summed E-state index contributed by atoms with van der Waals surface area (Å²) >= 11 is 9.17.